The van der Waals surface area contributed by atoms with Crippen molar-refractivity contribution in [3.05, 3.63) is 0 Å². The molecule has 1 aliphatic carbocycles. The fraction of sp³-hybridized carbons (Fsp3) is 1.00. The number of aliphatic hydroxyl groups excluding tert-OH is 1. The Hall–Kier alpha value is 0.177. The minimum Gasteiger partial charge on any atom is -0.396 e. The summed E-state index contributed by atoms with van der Waals surface area (Å²) in [7, 11) is -1.17. The molecule has 0 aromatic rings. The van der Waals surface area contributed by atoms with Crippen LogP contribution in [-0.4, -0.2) is 19.8 Å². The van der Waals surface area contributed by atoms with Gasteiger partial charge in [0.1, 0.15) is 0 Å². The Labute approximate surface area is 77.2 Å². The largest absolute Gasteiger partial charge is 0.396 e. The van der Waals surface area contributed by atoms with E-state index >= 15 is 0 Å². The van der Waals surface area contributed by atoms with Gasteiger partial charge in [-0.3, -0.25) is 0 Å². The van der Waals surface area contributed by atoms with Gasteiger partial charge in [-0.1, -0.05) is 33.0 Å². The number of aliphatic hydroxyl groups is 1. The highest BCUT2D eigenvalue weighted by Crippen LogP contribution is 2.53. The smallest absolute Gasteiger partial charge is 0.0534 e. The van der Waals surface area contributed by atoms with Crippen molar-refractivity contribution in [1.82, 2.24) is 0 Å². The summed E-state index contributed by atoms with van der Waals surface area (Å²) in [5.41, 5.74) is 0. The first-order chi connectivity index (χ1) is 5.41. The first-order valence-electron chi connectivity index (χ1n) is 5.02. The second-order valence-electron chi connectivity index (χ2n) is 5.54. The molecule has 0 saturated heterocycles. The van der Waals surface area contributed by atoms with E-state index in [9.17, 15) is 5.11 Å². The lowest BCUT2D eigenvalue weighted by Gasteiger charge is -2.39. The van der Waals surface area contributed by atoms with E-state index in [4.69, 9.17) is 0 Å². The van der Waals surface area contributed by atoms with Crippen LogP contribution in [0, 0.1) is 5.92 Å². The first-order valence-corrected chi connectivity index (χ1v) is 8.52. The van der Waals surface area contributed by atoms with Gasteiger partial charge in [0.15, 0.2) is 0 Å². The van der Waals surface area contributed by atoms with Gasteiger partial charge in [0.05, 0.1) is 8.07 Å². The lowest BCUT2D eigenvalue weighted by atomic mass is 10.1. The summed E-state index contributed by atoms with van der Waals surface area (Å²) in [6.07, 6.45) is 3.85. The molecule has 0 spiro atoms. The average molecular weight is 186 g/mol. The van der Waals surface area contributed by atoms with Crippen molar-refractivity contribution in [3.63, 3.8) is 0 Å². The van der Waals surface area contributed by atoms with Crippen LogP contribution in [0.15, 0.2) is 0 Å². The molecule has 0 aromatic carbocycles. The molecule has 1 rings (SSSR count). The quantitative estimate of drug-likeness (QED) is 0.658. The summed E-state index contributed by atoms with van der Waals surface area (Å²) >= 11 is 0. The third kappa shape index (κ3) is 1.60. The van der Waals surface area contributed by atoms with Crippen molar-refractivity contribution in [3.8, 4) is 0 Å². The van der Waals surface area contributed by atoms with Gasteiger partial charge < -0.3 is 5.11 Å². The van der Waals surface area contributed by atoms with Crippen molar-refractivity contribution in [2.24, 2.45) is 5.92 Å². The molecule has 1 N–H and O–H groups in total. The molecule has 0 bridgehead atoms. The maximum absolute atomic E-state index is 9.50. The van der Waals surface area contributed by atoms with E-state index in [1.807, 2.05) is 0 Å². The Morgan fingerprint density at radius 1 is 1.42 bits per heavy atom. The molecule has 0 amide bonds. The Balaban J connectivity index is 2.78. The van der Waals surface area contributed by atoms with Gasteiger partial charge in [-0.05, 0) is 23.8 Å². The van der Waals surface area contributed by atoms with Gasteiger partial charge in [-0.15, -0.1) is 0 Å². The Bertz CT molecular complexity index is 162. The summed E-state index contributed by atoms with van der Waals surface area (Å²) in [5.74, 6) is 0.837. The van der Waals surface area contributed by atoms with Crippen molar-refractivity contribution in [2.75, 3.05) is 6.61 Å². The maximum Gasteiger partial charge on any atom is 0.0534 e. The van der Waals surface area contributed by atoms with E-state index in [-0.39, 0.29) is 0 Å². The van der Waals surface area contributed by atoms with Crippen LogP contribution in [0.2, 0.25) is 24.7 Å². The predicted molar refractivity (Wildman–Crippen MR) is 56.1 cm³/mol. The van der Waals surface area contributed by atoms with E-state index in [2.05, 4.69) is 26.6 Å². The molecule has 0 unspecified atom stereocenters. The SMILES string of the molecule is C[C@H]1CC[C@@](CO)([Si](C)(C)C)C1. The molecular formula is C10H22OSi. The molecule has 2 heteroatoms. The van der Waals surface area contributed by atoms with E-state index in [1.165, 1.54) is 19.3 Å². The van der Waals surface area contributed by atoms with Gasteiger partial charge in [0.2, 0.25) is 0 Å². The highest BCUT2D eigenvalue weighted by Gasteiger charge is 2.46. The van der Waals surface area contributed by atoms with Crippen LogP contribution in [0.25, 0.3) is 0 Å². The van der Waals surface area contributed by atoms with Crippen LogP contribution in [-0.2, 0) is 0 Å². The van der Waals surface area contributed by atoms with Crippen molar-refractivity contribution in [2.45, 2.75) is 50.9 Å². The zero-order valence-electron chi connectivity index (χ0n) is 8.85. The minimum absolute atomic E-state index is 0.340. The van der Waals surface area contributed by atoms with E-state index in [0.717, 1.165) is 5.92 Å². The molecule has 0 heterocycles. The Morgan fingerprint density at radius 3 is 2.17 bits per heavy atom. The average Bonchev–Trinajstić information content (AvgIpc) is 2.31. The summed E-state index contributed by atoms with van der Waals surface area (Å²) in [4.78, 5) is 0. The molecule has 1 aliphatic rings. The fourth-order valence-corrected chi connectivity index (χ4v) is 4.79. The van der Waals surface area contributed by atoms with Gasteiger partial charge in [0.25, 0.3) is 0 Å². The molecule has 1 fully saturated rings. The van der Waals surface area contributed by atoms with Crippen molar-refractivity contribution >= 4 is 8.07 Å². The zero-order valence-corrected chi connectivity index (χ0v) is 9.85. The summed E-state index contributed by atoms with van der Waals surface area (Å²) in [5, 5.41) is 9.84. The molecule has 0 radical (unpaired) electrons. The minimum atomic E-state index is -1.17. The van der Waals surface area contributed by atoms with Gasteiger partial charge in [0, 0.05) is 6.61 Å². The predicted octanol–water partition coefficient (Wildman–Crippen LogP) is 2.88. The van der Waals surface area contributed by atoms with Crippen LogP contribution < -0.4 is 0 Å². The first kappa shape index (κ1) is 10.3. The molecule has 2 atom stereocenters. The summed E-state index contributed by atoms with van der Waals surface area (Å²) in [6.45, 7) is 9.91. The summed E-state index contributed by atoms with van der Waals surface area (Å²) < 4.78 is 0. The maximum atomic E-state index is 9.50. The van der Waals surface area contributed by atoms with Crippen LogP contribution >= 0.6 is 0 Å². The number of hydrogen-bond acceptors (Lipinski definition) is 1. The van der Waals surface area contributed by atoms with Crippen LogP contribution in [0.3, 0.4) is 0 Å². The molecule has 0 aromatic heterocycles. The summed E-state index contributed by atoms with van der Waals surface area (Å²) in [6, 6.07) is 0. The number of rotatable bonds is 2. The highest BCUT2D eigenvalue weighted by molar-refractivity contribution is 6.79. The highest BCUT2D eigenvalue weighted by atomic mass is 28.3. The van der Waals surface area contributed by atoms with E-state index < -0.39 is 8.07 Å². The molecule has 1 saturated carbocycles. The van der Waals surface area contributed by atoms with Crippen molar-refractivity contribution in [1.29, 1.82) is 0 Å². The van der Waals surface area contributed by atoms with E-state index in [1.54, 1.807) is 0 Å². The van der Waals surface area contributed by atoms with E-state index in [0.29, 0.717) is 11.6 Å². The second-order valence-corrected chi connectivity index (χ2v) is 11.1. The second kappa shape index (κ2) is 3.15. The van der Waals surface area contributed by atoms with Gasteiger partial charge in [-0.25, -0.2) is 0 Å². The molecule has 0 aliphatic heterocycles. The molecule has 1 nitrogen and oxygen atoms in total. The zero-order chi connectivity index (χ0) is 9.41. The van der Waals surface area contributed by atoms with Crippen LogP contribution in [0.4, 0.5) is 0 Å². The fourth-order valence-electron chi connectivity index (χ4n) is 2.46. The van der Waals surface area contributed by atoms with Crippen LogP contribution in [0.1, 0.15) is 26.2 Å². The topological polar surface area (TPSA) is 20.2 Å². The lowest BCUT2D eigenvalue weighted by Crippen LogP contribution is -2.40. The van der Waals surface area contributed by atoms with Gasteiger partial charge in [-0.2, -0.15) is 0 Å². The monoisotopic (exact) mass is 186 g/mol. The van der Waals surface area contributed by atoms with Gasteiger partial charge >= 0.3 is 0 Å². The Kier molecular flexibility index (Phi) is 2.69. The standard InChI is InChI=1S/C10H22OSi/c1-9-5-6-10(7-9,8-11)12(2,3)4/h9,11H,5-8H2,1-4H3/t9-,10+/m0/s1. The lowest BCUT2D eigenvalue weighted by molar-refractivity contribution is 0.231. The normalized spacial score (nSPS) is 37.2. The van der Waals surface area contributed by atoms with Crippen LogP contribution in [0.5, 0.6) is 0 Å². The Morgan fingerprint density at radius 2 is 2.00 bits per heavy atom. The molecular weight excluding hydrogens is 164 g/mol. The molecule has 72 valence electrons. The molecule has 12 heavy (non-hydrogen) atoms. The third-order valence-electron chi connectivity index (χ3n) is 3.75. The number of hydrogen-bond donors (Lipinski definition) is 1. The third-order valence-corrected chi connectivity index (χ3v) is 7.54. The van der Waals surface area contributed by atoms with Crippen molar-refractivity contribution < 1.29 is 5.11 Å².